The molecule has 8 heteroatoms. The Hall–Kier alpha value is -4.85. The van der Waals surface area contributed by atoms with Crippen LogP contribution in [0.15, 0.2) is 97.1 Å². The van der Waals surface area contributed by atoms with Gasteiger partial charge in [-0.3, -0.25) is 9.59 Å². The first-order valence-corrected chi connectivity index (χ1v) is 13.6. The third-order valence-corrected chi connectivity index (χ3v) is 7.26. The molecular formula is C33H34N4O4. The topological polar surface area (TPSA) is 87.9 Å². The Balaban J connectivity index is 1.42. The largest absolute Gasteiger partial charge is 0.507 e. The van der Waals surface area contributed by atoms with Gasteiger partial charge in [-0.25, -0.2) is 4.98 Å². The minimum Gasteiger partial charge on any atom is -0.507 e. The number of amides is 1. The van der Waals surface area contributed by atoms with Crippen LogP contribution >= 0.6 is 0 Å². The van der Waals surface area contributed by atoms with Crippen molar-refractivity contribution in [3.8, 4) is 5.75 Å². The highest BCUT2D eigenvalue weighted by molar-refractivity contribution is 6.46. The molecule has 0 saturated carbocycles. The molecule has 1 fully saturated rings. The molecule has 1 atom stereocenters. The summed E-state index contributed by atoms with van der Waals surface area (Å²) in [6.45, 7) is 3.46. The zero-order valence-electron chi connectivity index (χ0n) is 23.5. The predicted octanol–water partition coefficient (Wildman–Crippen LogP) is 5.35. The standard InChI is InChI=1S/C33H34N4O4/c1-23-6-4-7-24(20-23)21-41-28-14-10-26(11-15-28)31(38)29-30(25-8-12-27(13-9-25)35(2)3)37(33(40)32(29)39)18-5-17-36-19-16-34-22-36/h4,6-16,19-20,22,30,38H,5,17-18,21H2,1-3H3/b31-29+/t30-/m1/s1. The molecule has 1 N–H and O–H groups in total. The quantitative estimate of drug-likeness (QED) is 0.163. The summed E-state index contributed by atoms with van der Waals surface area (Å²) in [7, 11) is 3.90. The predicted molar refractivity (Wildman–Crippen MR) is 159 cm³/mol. The molecule has 1 aromatic heterocycles. The summed E-state index contributed by atoms with van der Waals surface area (Å²) >= 11 is 0. The van der Waals surface area contributed by atoms with Crippen molar-refractivity contribution in [2.45, 2.75) is 32.5 Å². The van der Waals surface area contributed by atoms with E-state index in [1.165, 1.54) is 0 Å². The molecule has 1 amide bonds. The Morgan fingerprint density at radius 1 is 1.00 bits per heavy atom. The van der Waals surface area contributed by atoms with Crippen LogP contribution in [0, 0.1) is 6.92 Å². The Kier molecular flexibility index (Phi) is 8.19. The number of aliphatic hydroxyl groups is 1. The molecule has 1 aliphatic heterocycles. The van der Waals surface area contributed by atoms with Crippen LogP contribution in [0.25, 0.3) is 5.76 Å². The number of aliphatic hydroxyl groups excluding tert-OH is 1. The fourth-order valence-electron chi connectivity index (χ4n) is 5.09. The fourth-order valence-corrected chi connectivity index (χ4v) is 5.09. The van der Waals surface area contributed by atoms with E-state index in [1.54, 1.807) is 41.7 Å². The molecule has 4 aromatic rings. The zero-order chi connectivity index (χ0) is 28.9. The van der Waals surface area contributed by atoms with Gasteiger partial charge < -0.3 is 24.2 Å². The molecule has 210 valence electrons. The summed E-state index contributed by atoms with van der Waals surface area (Å²) < 4.78 is 7.85. The molecule has 1 saturated heterocycles. The second kappa shape index (κ2) is 12.1. The van der Waals surface area contributed by atoms with Crippen molar-refractivity contribution >= 4 is 23.1 Å². The second-order valence-corrected chi connectivity index (χ2v) is 10.4. The molecule has 8 nitrogen and oxygen atoms in total. The number of hydrogen-bond donors (Lipinski definition) is 1. The smallest absolute Gasteiger partial charge is 0.295 e. The summed E-state index contributed by atoms with van der Waals surface area (Å²) in [6.07, 6.45) is 5.92. The lowest BCUT2D eigenvalue weighted by Gasteiger charge is -2.26. The third-order valence-electron chi connectivity index (χ3n) is 7.26. The van der Waals surface area contributed by atoms with Crippen molar-refractivity contribution in [2.75, 3.05) is 25.5 Å². The first-order valence-electron chi connectivity index (χ1n) is 13.6. The Morgan fingerprint density at radius 2 is 1.76 bits per heavy atom. The maximum atomic E-state index is 13.4. The number of nitrogens with zero attached hydrogens (tertiary/aromatic N) is 4. The van der Waals surface area contributed by atoms with Crippen molar-refractivity contribution in [1.82, 2.24) is 14.5 Å². The maximum absolute atomic E-state index is 13.4. The van der Waals surface area contributed by atoms with Crippen molar-refractivity contribution in [3.63, 3.8) is 0 Å². The second-order valence-electron chi connectivity index (χ2n) is 10.4. The van der Waals surface area contributed by atoms with Crippen LogP contribution in [0.1, 0.15) is 34.7 Å². The summed E-state index contributed by atoms with van der Waals surface area (Å²) in [6, 6.07) is 22.0. The summed E-state index contributed by atoms with van der Waals surface area (Å²) in [5.74, 6) is -0.866. The third kappa shape index (κ3) is 6.17. The van der Waals surface area contributed by atoms with E-state index >= 15 is 0 Å². The van der Waals surface area contributed by atoms with Crippen LogP contribution in [0.5, 0.6) is 5.75 Å². The monoisotopic (exact) mass is 550 g/mol. The van der Waals surface area contributed by atoms with E-state index in [9.17, 15) is 14.7 Å². The van der Waals surface area contributed by atoms with E-state index in [1.807, 2.05) is 79.1 Å². The number of imidazole rings is 1. The number of likely N-dealkylation sites (tertiary alicyclic amines) is 1. The molecule has 0 bridgehead atoms. The Morgan fingerprint density at radius 3 is 2.41 bits per heavy atom. The van der Waals surface area contributed by atoms with Crippen LogP contribution in [0.3, 0.4) is 0 Å². The van der Waals surface area contributed by atoms with E-state index in [0.717, 1.165) is 22.4 Å². The maximum Gasteiger partial charge on any atom is 0.295 e. The van der Waals surface area contributed by atoms with Gasteiger partial charge in [0.15, 0.2) is 0 Å². The first kappa shape index (κ1) is 27.7. The number of ether oxygens (including phenoxy) is 1. The van der Waals surface area contributed by atoms with Gasteiger partial charge in [-0.1, -0.05) is 42.0 Å². The SMILES string of the molecule is Cc1cccc(COc2ccc(/C(O)=C3\C(=O)C(=O)N(CCCn4ccnc4)[C@@H]3c3ccc(N(C)C)cc3)cc2)c1. The number of benzene rings is 3. The number of rotatable bonds is 10. The van der Waals surface area contributed by atoms with Gasteiger partial charge in [0.25, 0.3) is 11.7 Å². The van der Waals surface area contributed by atoms with Gasteiger partial charge in [0, 0.05) is 50.8 Å². The lowest BCUT2D eigenvalue weighted by atomic mass is 9.95. The van der Waals surface area contributed by atoms with Crippen molar-refractivity contribution in [3.05, 3.63) is 119 Å². The highest BCUT2D eigenvalue weighted by atomic mass is 16.5. The lowest BCUT2D eigenvalue weighted by molar-refractivity contribution is -0.139. The van der Waals surface area contributed by atoms with Gasteiger partial charge in [0.05, 0.1) is 17.9 Å². The molecule has 5 rings (SSSR count). The van der Waals surface area contributed by atoms with Crippen LogP contribution < -0.4 is 9.64 Å². The van der Waals surface area contributed by atoms with Gasteiger partial charge in [-0.15, -0.1) is 0 Å². The van der Waals surface area contributed by atoms with Gasteiger partial charge in [-0.2, -0.15) is 0 Å². The number of anilines is 1. The van der Waals surface area contributed by atoms with Crippen molar-refractivity contribution < 1.29 is 19.4 Å². The van der Waals surface area contributed by atoms with Gasteiger partial charge in [-0.05, 0) is 60.9 Å². The average Bonchev–Trinajstić information content (AvgIpc) is 3.58. The normalized spacial score (nSPS) is 16.3. The number of hydrogen-bond acceptors (Lipinski definition) is 6. The van der Waals surface area contributed by atoms with E-state index in [0.29, 0.717) is 37.4 Å². The number of carbonyl (C=O) groups excluding carboxylic acids is 2. The summed E-state index contributed by atoms with van der Waals surface area (Å²) in [5.41, 5.74) is 4.51. The summed E-state index contributed by atoms with van der Waals surface area (Å²) in [5, 5.41) is 11.4. The number of ketones is 1. The van der Waals surface area contributed by atoms with E-state index in [2.05, 4.69) is 11.1 Å². The van der Waals surface area contributed by atoms with Crippen molar-refractivity contribution in [1.29, 1.82) is 0 Å². The average molecular weight is 551 g/mol. The van der Waals surface area contributed by atoms with Crippen LogP contribution in [-0.2, 0) is 22.7 Å². The fraction of sp³-hybridized carbons (Fsp3) is 0.242. The van der Waals surface area contributed by atoms with Crippen molar-refractivity contribution in [2.24, 2.45) is 0 Å². The van der Waals surface area contributed by atoms with Gasteiger partial charge in [0.2, 0.25) is 0 Å². The Bertz CT molecular complexity index is 1540. The molecule has 3 aromatic carbocycles. The van der Waals surface area contributed by atoms with E-state index in [4.69, 9.17) is 4.74 Å². The van der Waals surface area contributed by atoms with Crippen LogP contribution in [0.2, 0.25) is 0 Å². The van der Waals surface area contributed by atoms with Crippen LogP contribution in [-0.4, -0.2) is 51.9 Å². The molecule has 0 aliphatic carbocycles. The molecule has 0 radical (unpaired) electrons. The van der Waals surface area contributed by atoms with E-state index < -0.39 is 17.7 Å². The molecule has 1 aliphatic rings. The minimum atomic E-state index is -0.703. The van der Waals surface area contributed by atoms with E-state index in [-0.39, 0.29) is 11.3 Å². The highest BCUT2D eigenvalue weighted by Crippen LogP contribution is 2.40. The molecule has 2 heterocycles. The first-order chi connectivity index (χ1) is 19.8. The minimum absolute atomic E-state index is 0.0867. The van der Waals surface area contributed by atoms with Gasteiger partial charge >= 0.3 is 0 Å². The lowest BCUT2D eigenvalue weighted by Crippen LogP contribution is -2.31. The Labute approximate surface area is 240 Å². The number of aryl methyl sites for hydroxylation is 2. The number of aromatic nitrogens is 2. The number of carbonyl (C=O) groups is 2. The van der Waals surface area contributed by atoms with Gasteiger partial charge in [0.1, 0.15) is 18.1 Å². The summed E-state index contributed by atoms with van der Waals surface area (Å²) in [4.78, 5) is 34.3. The molecule has 0 spiro atoms. The number of Topliss-reactive ketones (excluding diaryl/α,β-unsaturated/α-hetero) is 1. The molecule has 0 unspecified atom stereocenters. The molecule has 41 heavy (non-hydrogen) atoms. The molecular weight excluding hydrogens is 516 g/mol. The zero-order valence-corrected chi connectivity index (χ0v) is 23.5. The van der Waals surface area contributed by atoms with Crippen LogP contribution in [0.4, 0.5) is 5.69 Å². The highest BCUT2D eigenvalue weighted by Gasteiger charge is 2.45.